The van der Waals surface area contributed by atoms with Gasteiger partial charge in [0, 0.05) is 36.2 Å². The second kappa shape index (κ2) is 8.91. The van der Waals surface area contributed by atoms with Crippen LogP contribution in [0.4, 0.5) is 0 Å². The summed E-state index contributed by atoms with van der Waals surface area (Å²) in [5.41, 5.74) is 1.64. The molecule has 1 aromatic heterocycles. The largest absolute Gasteiger partial charge is 0.340 e. The predicted molar refractivity (Wildman–Crippen MR) is 115 cm³/mol. The molecule has 1 amide bonds. The van der Waals surface area contributed by atoms with Crippen LogP contribution in [0.3, 0.4) is 0 Å². The average molecular weight is 481 g/mol. The topological polar surface area (TPSA) is 101 Å². The van der Waals surface area contributed by atoms with Crippen LogP contribution in [-0.4, -0.2) is 69.9 Å². The van der Waals surface area contributed by atoms with Crippen molar-refractivity contribution in [2.75, 3.05) is 26.2 Å². The lowest BCUT2D eigenvalue weighted by Gasteiger charge is -2.34. The number of nitrogens with zero attached hydrogens (tertiary/aromatic N) is 6. The molecule has 0 aliphatic carbocycles. The summed E-state index contributed by atoms with van der Waals surface area (Å²) in [5.74, 6) is -0.0574. The standard InChI is InChI=1S/C19H18Cl2N6O3S/c20-15-10-16(21)12-18(11-15)31(29,30)26-7-5-25(6-8-26)19(28)9-14-1-3-17(4-2-14)27-13-22-23-24-27/h1-4,10-13H,5-9H2. The maximum atomic E-state index is 12.9. The molecule has 2 aromatic carbocycles. The third-order valence-electron chi connectivity index (χ3n) is 4.97. The Labute approximate surface area is 189 Å². The van der Waals surface area contributed by atoms with E-state index in [1.165, 1.54) is 33.5 Å². The SMILES string of the molecule is O=C(Cc1ccc(-n2cnnn2)cc1)N1CCN(S(=O)(=O)c2cc(Cl)cc(Cl)c2)CC1. The number of sulfonamides is 1. The minimum atomic E-state index is -3.73. The van der Waals surface area contributed by atoms with Crippen LogP contribution < -0.4 is 0 Å². The van der Waals surface area contributed by atoms with Crippen molar-refractivity contribution in [1.29, 1.82) is 0 Å². The maximum Gasteiger partial charge on any atom is 0.243 e. The summed E-state index contributed by atoms with van der Waals surface area (Å²) in [4.78, 5) is 14.4. The van der Waals surface area contributed by atoms with Crippen LogP contribution in [0.25, 0.3) is 5.69 Å². The van der Waals surface area contributed by atoms with Crippen molar-refractivity contribution in [2.45, 2.75) is 11.3 Å². The second-order valence-electron chi connectivity index (χ2n) is 6.99. The number of tetrazole rings is 1. The highest BCUT2D eigenvalue weighted by Crippen LogP contribution is 2.25. The molecular weight excluding hydrogens is 463 g/mol. The van der Waals surface area contributed by atoms with Crippen molar-refractivity contribution in [3.8, 4) is 5.69 Å². The Bertz CT molecular complexity index is 1160. The molecule has 1 saturated heterocycles. The third kappa shape index (κ3) is 4.87. The summed E-state index contributed by atoms with van der Waals surface area (Å²) in [6.45, 7) is 1.04. The Hall–Kier alpha value is -2.53. The van der Waals surface area contributed by atoms with E-state index in [-0.39, 0.29) is 40.4 Å². The van der Waals surface area contributed by atoms with Crippen LogP contribution in [-0.2, 0) is 21.2 Å². The van der Waals surface area contributed by atoms with Crippen molar-refractivity contribution in [2.24, 2.45) is 0 Å². The zero-order valence-corrected chi connectivity index (χ0v) is 18.6. The second-order valence-corrected chi connectivity index (χ2v) is 9.80. The van der Waals surface area contributed by atoms with Gasteiger partial charge in [0.05, 0.1) is 17.0 Å². The summed E-state index contributed by atoms with van der Waals surface area (Å²) in [5, 5.41) is 11.5. The molecule has 0 spiro atoms. The number of aromatic nitrogens is 4. The van der Waals surface area contributed by atoms with Gasteiger partial charge in [-0.15, -0.1) is 5.10 Å². The van der Waals surface area contributed by atoms with Gasteiger partial charge < -0.3 is 4.90 Å². The van der Waals surface area contributed by atoms with Crippen molar-refractivity contribution >= 4 is 39.1 Å². The number of hydrogen-bond donors (Lipinski definition) is 0. The Kier molecular flexibility index (Phi) is 6.24. The average Bonchev–Trinajstić information content (AvgIpc) is 3.28. The van der Waals surface area contributed by atoms with Gasteiger partial charge in [-0.2, -0.15) is 4.31 Å². The maximum absolute atomic E-state index is 12.9. The molecule has 1 aliphatic heterocycles. The van der Waals surface area contributed by atoms with Crippen molar-refractivity contribution in [1.82, 2.24) is 29.4 Å². The van der Waals surface area contributed by atoms with Gasteiger partial charge in [0.15, 0.2) is 0 Å². The molecule has 12 heteroatoms. The Morgan fingerprint density at radius 3 is 2.19 bits per heavy atom. The molecule has 0 N–H and O–H groups in total. The van der Waals surface area contributed by atoms with Gasteiger partial charge in [-0.1, -0.05) is 35.3 Å². The number of carbonyl (C=O) groups is 1. The number of piperazine rings is 1. The van der Waals surface area contributed by atoms with Gasteiger partial charge in [-0.05, 0) is 46.3 Å². The first-order valence-electron chi connectivity index (χ1n) is 9.39. The lowest BCUT2D eigenvalue weighted by molar-refractivity contribution is -0.131. The monoisotopic (exact) mass is 480 g/mol. The number of carbonyl (C=O) groups excluding carboxylic acids is 1. The number of benzene rings is 2. The zero-order valence-electron chi connectivity index (χ0n) is 16.2. The van der Waals surface area contributed by atoms with Crippen LogP contribution in [0.2, 0.25) is 10.0 Å². The van der Waals surface area contributed by atoms with Crippen molar-refractivity contribution in [3.63, 3.8) is 0 Å². The molecule has 0 unspecified atom stereocenters. The molecule has 0 bridgehead atoms. The number of rotatable bonds is 5. The highest BCUT2D eigenvalue weighted by molar-refractivity contribution is 7.89. The van der Waals surface area contributed by atoms with Crippen LogP contribution in [0.5, 0.6) is 0 Å². The molecular formula is C19H18Cl2N6O3S. The minimum Gasteiger partial charge on any atom is -0.340 e. The number of halogens is 2. The van der Waals surface area contributed by atoms with Crippen molar-refractivity contribution < 1.29 is 13.2 Å². The van der Waals surface area contributed by atoms with E-state index in [1.54, 1.807) is 4.90 Å². The molecule has 2 heterocycles. The van der Waals surface area contributed by atoms with Crippen LogP contribution >= 0.6 is 23.2 Å². The lowest BCUT2D eigenvalue weighted by Crippen LogP contribution is -2.50. The first kappa shape index (κ1) is 21.7. The van der Waals surface area contributed by atoms with E-state index in [9.17, 15) is 13.2 Å². The molecule has 3 aromatic rings. The number of hydrogen-bond acceptors (Lipinski definition) is 6. The summed E-state index contributed by atoms with van der Waals surface area (Å²) in [6.07, 6.45) is 1.72. The summed E-state index contributed by atoms with van der Waals surface area (Å²) in [7, 11) is -3.73. The summed E-state index contributed by atoms with van der Waals surface area (Å²) in [6, 6.07) is 11.6. The quantitative estimate of drug-likeness (QED) is 0.553. The Morgan fingerprint density at radius 1 is 0.968 bits per heavy atom. The van der Waals surface area contributed by atoms with Crippen LogP contribution in [0.1, 0.15) is 5.56 Å². The molecule has 1 aliphatic rings. The first-order chi connectivity index (χ1) is 14.8. The van der Waals surface area contributed by atoms with E-state index in [4.69, 9.17) is 23.2 Å². The molecule has 162 valence electrons. The van der Waals surface area contributed by atoms with Gasteiger partial charge in [-0.25, -0.2) is 13.1 Å². The fraction of sp³-hybridized carbons (Fsp3) is 0.263. The number of amides is 1. The Morgan fingerprint density at radius 2 is 1.61 bits per heavy atom. The van der Waals surface area contributed by atoms with E-state index >= 15 is 0 Å². The Balaban J connectivity index is 1.36. The van der Waals surface area contributed by atoms with E-state index < -0.39 is 10.0 Å². The lowest BCUT2D eigenvalue weighted by atomic mass is 10.1. The minimum absolute atomic E-state index is 0.0486. The normalized spacial score (nSPS) is 15.2. The highest BCUT2D eigenvalue weighted by atomic mass is 35.5. The van der Waals surface area contributed by atoms with Gasteiger partial charge in [0.1, 0.15) is 6.33 Å². The highest BCUT2D eigenvalue weighted by Gasteiger charge is 2.30. The van der Waals surface area contributed by atoms with E-state index in [0.717, 1.165) is 11.3 Å². The summed E-state index contributed by atoms with van der Waals surface area (Å²) >= 11 is 11.9. The van der Waals surface area contributed by atoms with E-state index in [1.807, 2.05) is 24.3 Å². The molecule has 0 radical (unpaired) electrons. The van der Waals surface area contributed by atoms with Crippen LogP contribution in [0.15, 0.2) is 53.7 Å². The molecule has 1 fully saturated rings. The zero-order chi connectivity index (χ0) is 22.0. The third-order valence-corrected chi connectivity index (χ3v) is 7.28. The smallest absolute Gasteiger partial charge is 0.243 e. The van der Waals surface area contributed by atoms with Gasteiger partial charge in [0.25, 0.3) is 0 Å². The van der Waals surface area contributed by atoms with E-state index in [0.29, 0.717) is 13.1 Å². The molecule has 9 nitrogen and oxygen atoms in total. The summed E-state index contributed by atoms with van der Waals surface area (Å²) < 4.78 is 28.6. The molecule has 0 atom stereocenters. The van der Waals surface area contributed by atoms with Crippen molar-refractivity contribution in [3.05, 3.63) is 64.4 Å². The first-order valence-corrected chi connectivity index (χ1v) is 11.6. The fourth-order valence-electron chi connectivity index (χ4n) is 3.34. The van der Waals surface area contributed by atoms with Crippen LogP contribution in [0, 0.1) is 0 Å². The van der Waals surface area contributed by atoms with Gasteiger partial charge >= 0.3 is 0 Å². The molecule has 0 saturated carbocycles. The fourth-order valence-corrected chi connectivity index (χ4v) is 5.49. The predicted octanol–water partition coefficient (Wildman–Crippen LogP) is 2.04. The molecule has 4 rings (SSSR count). The molecule has 31 heavy (non-hydrogen) atoms. The van der Waals surface area contributed by atoms with E-state index in [2.05, 4.69) is 15.5 Å². The van der Waals surface area contributed by atoms with Gasteiger partial charge in [0.2, 0.25) is 15.9 Å². The van der Waals surface area contributed by atoms with Gasteiger partial charge in [-0.3, -0.25) is 4.79 Å².